The van der Waals surface area contributed by atoms with Gasteiger partial charge in [0.15, 0.2) is 0 Å². The molecule has 144 valence electrons. The van der Waals surface area contributed by atoms with Gasteiger partial charge in [-0.2, -0.15) is 0 Å². The van der Waals surface area contributed by atoms with Gasteiger partial charge in [0.1, 0.15) is 0 Å². The van der Waals surface area contributed by atoms with Crippen molar-refractivity contribution < 1.29 is 4.79 Å². The van der Waals surface area contributed by atoms with Crippen molar-refractivity contribution in [2.45, 2.75) is 63.8 Å². The van der Waals surface area contributed by atoms with E-state index in [1.54, 1.807) is 0 Å². The molecule has 0 spiro atoms. The molecule has 0 heterocycles. The number of benzene rings is 2. The van der Waals surface area contributed by atoms with Gasteiger partial charge in [-0.1, -0.05) is 61.4 Å². The molecule has 1 aliphatic carbocycles. The van der Waals surface area contributed by atoms with Gasteiger partial charge in [-0.25, -0.2) is 0 Å². The largest absolute Gasteiger partial charge is 0.368 e. The third-order valence-electron chi connectivity index (χ3n) is 5.96. The topological polar surface area (TPSA) is 55.1 Å². The molecule has 0 bridgehead atoms. The van der Waals surface area contributed by atoms with Gasteiger partial charge in [-0.15, -0.1) is 0 Å². The summed E-state index contributed by atoms with van der Waals surface area (Å²) in [6.07, 6.45) is 8.26. The normalized spacial score (nSPS) is 15.7. The Morgan fingerprint density at radius 3 is 2.33 bits per heavy atom. The van der Waals surface area contributed by atoms with E-state index in [4.69, 9.17) is 5.73 Å². The standard InChI is InChI=1S/C24H32N2O/c1-19-8-2-3-10-22(19)18-21-13-11-20(12-14-21)9-4-7-17-26-24(23(25)27)15-5-6-16-24/h2-3,8,10-14,26H,4-7,9,15-18H2,1H3,(H2,25,27). The summed E-state index contributed by atoms with van der Waals surface area (Å²) in [6, 6.07) is 17.6. The van der Waals surface area contributed by atoms with E-state index >= 15 is 0 Å². The summed E-state index contributed by atoms with van der Waals surface area (Å²) in [6.45, 7) is 3.04. The molecule has 0 aliphatic heterocycles. The molecular weight excluding hydrogens is 332 g/mol. The second kappa shape index (κ2) is 9.18. The maximum Gasteiger partial charge on any atom is 0.237 e. The zero-order valence-electron chi connectivity index (χ0n) is 16.5. The molecule has 3 rings (SSSR count). The van der Waals surface area contributed by atoms with Gasteiger partial charge in [0.25, 0.3) is 0 Å². The van der Waals surface area contributed by atoms with Gasteiger partial charge in [0.2, 0.25) is 5.91 Å². The highest BCUT2D eigenvalue weighted by atomic mass is 16.1. The molecule has 2 aromatic rings. The Labute approximate surface area is 163 Å². The first-order valence-corrected chi connectivity index (χ1v) is 10.3. The van der Waals surface area contributed by atoms with Crippen LogP contribution in [0.5, 0.6) is 0 Å². The molecule has 0 atom stereocenters. The number of nitrogens with two attached hydrogens (primary N) is 1. The Morgan fingerprint density at radius 1 is 1.00 bits per heavy atom. The molecule has 1 aliphatic rings. The van der Waals surface area contributed by atoms with E-state index in [0.29, 0.717) is 0 Å². The van der Waals surface area contributed by atoms with Crippen LogP contribution in [0.2, 0.25) is 0 Å². The SMILES string of the molecule is Cc1ccccc1Cc1ccc(CCCCNC2(C(N)=O)CCCC2)cc1. The number of primary amides is 1. The lowest BCUT2D eigenvalue weighted by atomic mass is 9.96. The van der Waals surface area contributed by atoms with E-state index in [2.05, 4.69) is 60.8 Å². The molecule has 27 heavy (non-hydrogen) atoms. The number of rotatable bonds is 9. The molecule has 0 saturated heterocycles. The molecule has 2 aromatic carbocycles. The molecule has 1 fully saturated rings. The number of carbonyl (C=O) groups is 1. The average Bonchev–Trinajstić information content (AvgIpc) is 3.15. The highest BCUT2D eigenvalue weighted by Gasteiger charge is 2.38. The number of amides is 1. The van der Waals surface area contributed by atoms with Crippen LogP contribution in [0, 0.1) is 6.92 Å². The third-order valence-corrected chi connectivity index (χ3v) is 5.96. The summed E-state index contributed by atoms with van der Waals surface area (Å²) >= 11 is 0. The lowest BCUT2D eigenvalue weighted by molar-refractivity contribution is -0.124. The summed E-state index contributed by atoms with van der Waals surface area (Å²) in [5.41, 5.74) is 10.7. The lowest BCUT2D eigenvalue weighted by Crippen LogP contribution is -2.53. The van der Waals surface area contributed by atoms with Gasteiger partial charge in [-0.05, 0) is 74.2 Å². The molecule has 3 N–H and O–H groups in total. The summed E-state index contributed by atoms with van der Waals surface area (Å²) in [5, 5.41) is 3.45. The van der Waals surface area contributed by atoms with Crippen molar-refractivity contribution in [1.29, 1.82) is 0 Å². The van der Waals surface area contributed by atoms with Crippen LogP contribution in [-0.4, -0.2) is 18.0 Å². The van der Waals surface area contributed by atoms with Crippen molar-refractivity contribution in [3.05, 3.63) is 70.8 Å². The quantitative estimate of drug-likeness (QED) is 0.652. The van der Waals surface area contributed by atoms with E-state index in [9.17, 15) is 4.79 Å². The van der Waals surface area contributed by atoms with Crippen LogP contribution in [0.15, 0.2) is 48.5 Å². The summed E-state index contributed by atoms with van der Waals surface area (Å²) in [5.74, 6) is -0.177. The van der Waals surface area contributed by atoms with Crippen LogP contribution in [0.25, 0.3) is 0 Å². The van der Waals surface area contributed by atoms with Crippen LogP contribution >= 0.6 is 0 Å². The lowest BCUT2D eigenvalue weighted by Gasteiger charge is -2.26. The molecule has 1 amide bonds. The summed E-state index contributed by atoms with van der Waals surface area (Å²) in [7, 11) is 0. The Kier molecular flexibility index (Phi) is 6.68. The zero-order valence-corrected chi connectivity index (χ0v) is 16.5. The predicted molar refractivity (Wildman–Crippen MR) is 112 cm³/mol. The Hall–Kier alpha value is -2.13. The predicted octanol–water partition coefficient (Wildman–Crippen LogP) is 4.30. The van der Waals surface area contributed by atoms with E-state index in [-0.39, 0.29) is 5.91 Å². The van der Waals surface area contributed by atoms with E-state index < -0.39 is 5.54 Å². The van der Waals surface area contributed by atoms with Crippen molar-refractivity contribution in [2.75, 3.05) is 6.54 Å². The maximum atomic E-state index is 11.8. The van der Waals surface area contributed by atoms with Gasteiger partial charge >= 0.3 is 0 Å². The van der Waals surface area contributed by atoms with Crippen LogP contribution < -0.4 is 11.1 Å². The molecule has 0 unspecified atom stereocenters. The third kappa shape index (κ3) is 5.20. The molecule has 3 heteroatoms. The number of hydrogen-bond donors (Lipinski definition) is 2. The second-order valence-electron chi connectivity index (χ2n) is 7.96. The Morgan fingerprint density at radius 2 is 1.67 bits per heavy atom. The smallest absolute Gasteiger partial charge is 0.237 e. The minimum atomic E-state index is -0.433. The number of hydrogen-bond acceptors (Lipinski definition) is 2. The van der Waals surface area contributed by atoms with Crippen molar-refractivity contribution in [1.82, 2.24) is 5.32 Å². The van der Waals surface area contributed by atoms with Crippen LogP contribution in [0.4, 0.5) is 0 Å². The fourth-order valence-electron chi connectivity index (χ4n) is 4.12. The number of nitrogens with one attached hydrogen (secondary N) is 1. The first-order valence-electron chi connectivity index (χ1n) is 10.3. The molecule has 3 nitrogen and oxygen atoms in total. The van der Waals surface area contributed by atoms with E-state index in [1.165, 1.54) is 22.3 Å². The fraction of sp³-hybridized carbons (Fsp3) is 0.458. The highest BCUT2D eigenvalue weighted by Crippen LogP contribution is 2.29. The molecule has 0 radical (unpaired) electrons. The van der Waals surface area contributed by atoms with Crippen molar-refractivity contribution in [3.63, 3.8) is 0 Å². The van der Waals surface area contributed by atoms with Crippen molar-refractivity contribution >= 4 is 5.91 Å². The van der Waals surface area contributed by atoms with Gasteiger partial charge in [-0.3, -0.25) is 4.79 Å². The Balaban J connectivity index is 1.41. The second-order valence-corrected chi connectivity index (χ2v) is 7.96. The van der Waals surface area contributed by atoms with Crippen LogP contribution in [0.1, 0.15) is 60.8 Å². The van der Waals surface area contributed by atoms with Gasteiger partial charge < -0.3 is 11.1 Å². The fourth-order valence-corrected chi connectivity index (χ4v) is 4.12. The minimum absolute atomic E-state index is 0.177. The first-order chi connectivity index (χ1) is 13.1. The van der Waals surface area contributed by atoms with E-state index in [0.717, 1.165) is 57.9 Å². The number of aryl methyl sites for hydroxylation is 2. The molecule has 0 aromatic heterocycles. The average molecular weight is 365 g/mol. The minimum Gasteiger partial charge on any atom is -0.368 e. The van der Waals surface area contributed by atoms with Gasteiger partial charge in [0.05, 0.1) is 5.54 Å². The maximum absolute atomic E-state index is 11.8. The number of carbonyl (C=O) groups excluding carboxylic acids is 1. The first kappa shape index (κ1) is 19.6. The Bertz CT molecular complexity index is 745. The summed E-state index contributed by atoms with van der Waals surface area (Å²) in [4.78, 5) is 11.8. The van der Waals surface area contributed by atoms with E-state index in [1.807, 2.05) is 0 Å². The molecule has 1 saturated carbocycles. The highest BCUT2D eigenvalue weighted by molar-refractivity contribution is 5.85. The zero-order chi connectivity index (χ0) is 19.1. The number of unbranched alkanes of at least 4 members (excludes halogenated alkanes) is 1. The van der Waals surface area contributed by atoms with Gasteiger partial charge in [0, 0.05) is 0 Å². The van der Waals surface area contributed by atoms with Crippen LogP contribution in [-0.2, 0) is 17.6 Å². The molecular formula is C24H32N2O. The monoisotopic (exact) mass is 364 g/mol. The summed E-state index contributed by atoms with van der Waals surface area (Å²) < 4.78 is 0. The van der Waals surface area contributed by atoms with Crippen LogP contribution in [0.3, 0.4) is 0 Å². The van der Waals surface area contributed by atoms with Crippen molar-refractivity contribution in [3.8, 4) is 0 Å². The van der Waals surface area contributed by atoms with Crippen molar-refractivity contribution in [2.24, 2.45) is 5.73 Å².